The minimum Gasteiger partial charge on any atom is -0.371 e. The lowest BCUT2D eigenvalue weighted by atomic mass is 10.1. The van der Waals surface area contributed by atoms with Crippen LogP contribution in [-0.4, -0.2) is 22.0 Å². The molecule has 0 saturated carbocycles. The third-order valence-electron chi connectivity index (χ3n) is 2.91. The van der Waals surface area contributed by atoms with Gasteiger partial charge in [-0.1, -0.05) is 11.6 Å². The van der Waals surface area contributed by atoms with Gasteiger partial charge < -0.3 is 5.32 Å². The zero-order chi connectivity index (χ0) is 13.2. The first-order chi connectivity index (χ1) is 9.31. The standard InChI is InChI=1S/C14H11ClN4/c1-16-14-13(18-7-8-19-14)10-4-5-11(15)9-3-2-6-17-12(9)10/h2-8H,1H3,(H,16,19). The molecule has 3 rings (SSSR count). The molecule has 0 atom stereocenters. The highest BCUT2D eigenvalue weighted by atomic mass is 35.5. The van der Waals surface area contributed by atoms with Crippen LogP contribution >= 0.6 is 11.6 Å². The Hall–Kier alpha value is -2.20. The van der Waals surface area contributed by atoms with E-state index in [1.165, 1.54) is 0 Å². The largest absolute Gasteiger partial charge is 0.371 e. The lowest BCUT2D eigenvalue weighted by Gasteiger charge is -2.09. The molecule has 0 bridgehead atoms. The maximum atomic E-state index is 6.20. The van der Waals surface area contributed by atoms with Gasteiger partial charge in [0.15, 0.2) is 5.82 Å². The summed E-state index contributed by atoms with van der Waals surface area (Å²) >= 11 is 6.20. The van der Waals surface area contributed by atoms with Crippen molar-refractivity contribution in [3.05, 3.63) is 47.9 Å². The minimum absolute atomic E-state index is 0.682. The summed E-state index contributed by atoms with van der Waals surface area (Å²) in [5, 5.41) is 4.63. The Morgan fingerprint density at radius 1 is 1.00 bits per heavy atom. The summed E-state index contributed by atoms with van der Waals surface area (Å²) in [7, 11) is 1.82. The highest BCUT2D eigenvalue weighted by Gasteiger charge is 2.12. The Bertz CT molecular complexity index is 742. The molecule has 3 aromatic rings. The fourth-order valence-electron chi connectivity index (χ4n) is 2.05. The summed E-state index contributed by atoms with van der Waals surface area (Å²) in [5.74, 6) is 0.719. The van der Waals surface area contributed by atoms with Crippen molar-refractivity contribution in [3.63, 3.8) is 0 Å². The molecule has 2 heterocycles. The van der Waals surface area contributed by atoms with Gasteiger partial charge in [0, 0.05) is 36.6 Å². The van der Waals surface area contributed by atoms with Gasteiger partial charge in [0.2, 0.25) is 0 Å². The summed E-state index contributed by atoms with van der Waals surface area (Å²) in [5.41, 5.74) is 2.51. The number of benzene rings is 1. The minimum atomic E-state index is 0.682. The summed E-state index contributed by atoms with van der Waals surface area (Å²) in [4.78, 5) is 13.1. The molecule has 0 aliphatic rings. The molecule has 0 aliphatic carbocycles. The van der Waals surface area contributed by atoms with Crippen molar-refractivity contribution in [3.8, 4) is 11.3 Å². The third kappa shape index (κ3) is 2.00. The van der Waals surface area contributed by atoms with Crippen molar-refractivity contribution >= 4 is 28.3 Å². The lowest BCUT2D eigenvalue weighted by Crippen LogP contribution is -1.98. The van der Waals surface area contributed by atoms with Crippen LogP contribution < -0.4 is 5.32 Å². The van der Waals surface area contributed by atoms with Crippen LogP contribution in [0.25, 0.3) is 22.2 Å². The summed E-state index contributed by atoms with van der Waals surface area (Å²) in [6, 6.07) is 7.59. The van der Waals surface area contributed by atoms with E-state index in [1.54, 1.807) is 18.6 Å². The zero-order valence-electron chi connectivity index (χ0n) is 10.3. The number of fused-ring (bicyclic) bond motifs is 1. The Labute approximate surface area is 115 Å². The smallest absolute Gasteiger partial charge is 0.152 e. The fourth-order valence-corrected chi connectivity index (χ4v) is 2.26. The molecule has 0 radical (unpaired) electrons. The predicted molar refractivity (Wildman–Crippen MR) is 77.3 cm³/mol. The van der Waals surface area contributed by atoms with Gasteiger partial charge in [-0.15, -0.1) is 0 Å². The van der Waals surface area contributed by atoms with Gasteiger partial charge in [-0.3, -0.25) is 9.97 Å². The number of hydrogen-bond acceptors (Lipinski definition) is 4. The van der Waals surface area contributed by atoms with Crippen molar-refractivity contribution in [2.75, 3.05) is 12.4 Å². The van der Waals surface area contributed by atoms with E-state index in [0.717, 1.165) is 28.0 Å². The Morgan fingerprint density at radius 2 is 1.84 bits per heavy atom. The van der Waals surface area contributed by atoms with Gasteiger partial charge in [0.05, 0.1) is 10.5 Å². The van der Waals surface area contributed by atoms with Gasteiger partial charge in [0.25, 0.3) is 0 Å². The number of hydrogen-bond donors (Lipinski definition) is 1. The average molecular weight is 271 g/mol. The van der Waals surface area contributed by atoms with E-state index in [1.807, 2.05) is 31.3 Å². The van der Waals surface area contributed by atoms with Gasteiger partial charge in [-0.05, 0) is 24.3 Å². The van der Waals surface area contributed by atoms with Crippen LogP contribution in [0.4, 0.5) is 5.82 Å². The van der Waals surface area contributed by atoms with Gasteiger partial charge >= 0.3 is 0 Å². The van der Waals surface area contributed by atoms with Crippen LogP contribution in [0.1, 0.15) is 0 Å². The molecule has 0 spiro atoms. The maximum Gasteiger partial charge on any atom is 0.152 e. The molecule has 0 aliphatic heterocycles. The molecule has 5 heteroatoms. The summed E-state index contributed by atoms with van der Waals surface area (Å²) in [6.45, 7) is 0. The van der Waals surface area contributed by atoms with Crippen LogP contribution in [0, 0.1) is 0 Å². The van der Waals surface area contributed by atoms with E-state index in [2.05, 4.69) is 20.3 Å². The zero-order valence-corrected chi connectivity index (χ0v) is 11.0. The first-order valence-electron chi connectivity index (χ1n) is 5.83. The highest BCUT2D eigenvalue weighted by Crippen LogP contribution is 2.32. The van der Waals surface area contributed by atoms with E-state index >= 15 is 0 Å². The average Bonchev–Trinajstić information content (AvgIpc) is 2.48. The second-order valence-electron chi connectivity index (χ2n) is 4.00. The van der Waals surface area contributed by atoms with Gasteiger partial charge in [-0.25, -0.2) is 4.98 Å². The Morgan fingerprint density at radius 3 is 2.68 bits per heavy atom. The molecule has 4 nitrogen and oxygen atoms in total. The molecule has 0 amide bonds. The van der Waals surface area contributed by atoms with E-state index in [9.17, 15) is 0 Å². The topological polar surface area (TPSA) is 50.7 Å². The number of aromatic nitrogens is 3. The first kappa shape index (κ1) is 11.9. The number of nitrogens with zero attached hydrogens (tertiary/aromatic N) is 3. The molecule has 0 unspecified atom stereocenters. The van der Waals surface area contributed by atoms with Gasteiger partial charge in [-0.2, -0.15) is 0 Å². The number of anilines is 1. The molecule has 1 N–H and O–H groups in total. The predicted octanol–water partition coefficient (Wildman–Crippen LogP) is 3.39. The molecule has 0 saturated heterocycles. The second-order valence-corrected chi connectivity index (χ2v) is 4.41. The molecule has 0 fully saturated rings. The fraction of sp³-hybridized carbons (Fsp3) is 0.0714. The molecule has 1 aromatic carbocycles. The van der Waals surface area contributed by atoms with Crippen LogP contribution in [0.2, 0.25) is 5.02 Å². The van der Waals surface area contributed by atoms with Crippen LogP contribution in [0.5, 0.6) is 0 Å². The van der Waals surface area contributed by atoms with E-state index < -0.39 is 0 Å². The Kier molecular flexibility index (Phi) is 3.01. The second kappa shape index (κ2) is 4.82. The lowest BCUT2D eigenvalue weighted by molar-refractivity contribution is 1.19. The normalized spacial score (nSPS) is 10.6. The maximum absolute atomic E-state index is 6.20. The first-order valence-corrected chi connectivity index (χ1v) is 6.21. The van der Waals surface area contributed by atoms with E-state index in [-0.39, 0.29) is 0 Å². The number of pyridine rings is 1. The molecular formula is C14H11ClN4. The quantitative estimate of drug-likeness (QED) is 0.775. The third-order valence-corrected chi connectivity index (χ3v) is 3.24. The molecule has 2 aromatic heterocycles. The van der Waals surface area contributed by atoms with Crippen molar-refractivity contribution in [1.82, 2.24) is 15.0 Å². The van der Waals surface area contributed by atoms with Crippen molar-refractivity contribution in [1.29, 1.82) is 0 Å². The van der Waals surface area contributed by atoms with Crippen molar-refractivity contribution in [2.24, 2.45) is 0 Å². The van der Waals surface area contributed by atoms with Crippen molar-refractivity contribution < 1.29 is 0 Å². The Balaban J connectivity index is 2.34. The van der Waals surface area contributed by atoms with Crippen LogP contribution in [-0.2, 0) is 0 Å². The van der Waals surface area contributed by atoms with Gasteiger partial charge in [0.1, 0.15) is 5.69 Å². The summed E-state index contributed by atoms with van der Waals surface area (Å²) in [6.07, 6.45) is 5.07. The van der Waals surface area contributed by atoms with E-state index in [0.29, 0.717) is 5.02 Å². The SMILES string of the molecule is CNc1nccnc1-c1ccc(Cl)c2cccnc12. The van der Waals surface area contributed by atoms with Crippen LogP contribution in [0.3, 0.4) is 0 Å². The van der Waals surface area contributed by atoms with Crippen molar-refractivity contribution in [2.45, 2.75) is 0 Å². The molecule has 19 heavy (non-hydrogen) atoms. The van der Waals surface area contributed by atoms with E-state index in [4.69, 9.17) is 11.6 Å². The number of halogens is 1. The molecular weight excluding hydrogens is 260 g/mol. The number of nitrogens with one attached hydrogen (secondary N) is 1. The molecule has 94 valence electrons. The summed E-state index contributed by atoms with van der Waals surface area (Å²) < 4.78 is 0. The monoisotopic (exact) mass is 270 g/mol. The highest BCUT2D eigenvalue weighted by molar-refractivity contribution is 6.35. The van der Waals surface area contributed by atoms with Crippen LogP contribution in [0.15, 0.2) is 42.9 Å². The number of rotatable bonds is 2.